The summed E-state index contributed by atoms with van der Waals surface area (Å²) >= 11 is 0. The Balaban J connectivity index is 2.01. The van der Waals surface area contributed by atoms with Crippen molar-refractivity contribution in [3.05, 3.63) is 59.7 Å². The standard InChI is InChI=1S/C20H23NO3/c1-20(2,3)15-8-5-14(6-9-15)7-12-19(23)21-16-10-11-18(24-4)17(22)13-16/h5-13,22H,1-4H3,(H,21,23). The normalized spacial score (nSPS) is 11.5. The Morgan fingerprint density at radius 2 is 1.79 bits per heavy atom. The second-order valence-corrected chi connectivity index (χ2v) is 6.58. The molecule has 2 N–H and O–H groups in total. The van der Waals surface area contributed by atoms with Gasteiger partial charge in [-0.15, -0.1) is 0 Å². The van der Waals surface area contributed by atoms with Crippen LogP contribution in [0.2, 0.25) is 0 Å². The highest BCUT2D eigenvalue weighted by molar-refractivity contribution is 6.02. The number of carbonyl (C=O) groups is 1. The molecule has 2 rings (SSSR count). The predicted octanol–water partition coefficient (Wildman–Crippen LogP) is 4.35. The lowest BCUT2D eigenvalue weighted by Gasteiger charge is -2.18. The van der Waals surface area contributed by atoms with Crippen molar-refractivity contribution in [3.63, 3.8) is 0 Å². The van der Waals surface area contributed by atoms with Crippen LogP contribution in [0.4, 0.5) is 5.69 Å². The number of ether oxygens (including phenoxy) is 1. The van der Waals surface area contributed by atoms with Crippen LogP contribution in [-0.4, -0.2) is 18.1 Å². The van der Waals surface area contributed by atoms with E-state index in [9.17, 15) is 9.90 Å². The molecule has 4 heteroatoms. The van der Waals surface area contributed by atoms with Gasteiger partial charge < -0.3 is 15.2 Å². The van der Waals surface area contributed by atoms with Gasteiger partial charge in [0.25, 0.3) is 0 Å². The molecule has 0 aromatic heterocycles. The molecule has 0 atom stereocenters. The van der Waals surface area contributed by atoms with Crippen LogP contribution in [0.3, 0.4) is 0 Å². The van der Waals surface area contributed by atoms with Gasteiger partial charge in [0.2, 0.25) is 5.91 Å². The van der Waals surface area contributed by atoms with E-state index in [0.717, 1.165) is 5.56 Å². The summed E-state index contributed by atoms with van der Waals surface area (Å²) in [5, 5.41) is 12.4. The highest BCUT2D eigenvalue weighted by Crippen LogP contribution is 2.28. The summed E-state index contributed by atoms with van der Waals surface area (Å²) in [6.45, 7) is 6.49. The summed E-state index contributed by atoms with van der Waals surface area (Å²) in [7, 11) is 1.47. The Hall–Kier alpha value is -2.75. The fourth-order valence-electron chi connectivity index (χ4n) is 2.22. The number of phenols is 1. The van der Waals surface area contributed by atoms with Crippen LogP contribution in [0.15, 0.2) is 48.5 Å². The highest BCUT2D eigenvalue weighted by Gasteiger charge is 2.12. The van der Waals surface area contributed by atoms with Crippen molar-refractivity contribution in [3.8, 4) is 11.5 Å². The monoisotopic (exact) mass is 325 g/mol. The molecule has 0 saturated heterocycles. The van der Waals surface area contributed by atoms with Crippen molar-refractivity contribution in [1.29, 1.82) is 0 Å². The smallest absolute Gasteiger partial charge is 0.248 e. The minimum atomic E-state index is -0.264. The van der Waals surface area contributed by atoms with E-state index in [1.54, 1.807) is 18.2 Å². The van der Waals surface area contributed by atoms with Gasteiger partial charge in [0, 0.05) is 17.8 Å². The third kappa shape index (κ3) is 4.62. The predicted molar refractivity (Wildman–Crippen MR) is 97.5 cm³/mol. The molecule has 2 aromatic rings. The first-order valence-electron chi connectivity index (χ1n) is 7.76. The summed E-state index contributed by atoms with van der Waals surface area (Å²) in [5.74, 6) is 0.0824. The van der Waals surface area contributed by atoms with Crippen LogP contribution >= 0.6 is 0 Å². The van der Waals surface area contributed by atoms with Crippen LogP contribution in [0, 0.1) is 0 Å². The minimum Gasteiger partial charge on any atom is -0.504 e. The molecule has 2 aromatic carbocycles. The molecule has 0 aliphatic rings. The molecule has 1 amide bonds. The number of anilines is 1. The van der Waals surface area contributed by atoms with Gasteiger partial charge in [0.15, 0.2) is 11.5 Å². The Labute approximate surface area is 142 Å². The molecule has 0 unspecified atom stereocenters. The molecular weight excluding hydrogens is 302 g/mol. The summed E-state index contributed by atoms with van der Waals surface area (Å²) in [6.07, 6.45) is 3.22. The van der Waals surface area contributed by atoms with Crippen LogP contribution in [0.1, 0.15) is 31.9 Å². The second kappa shape index (κ2) is 7.21. The number of benzene rings is 2. The quantitative estimate of drug-likeness (QED) is 0.822. The van der Waals surface area contributed by atoms with Crippen molar-refractivity contribution >= 4 is 17.7 Å². The molecular formula is C20H23NO3. The zero-order chi connectivity index (χ0) is 17.7. The summed E-state index contributed by atoms with van der Waals surface area (Å²) in [4.78, 5) is 12.0. The van der Waals surface area contributed by atoms with E-state index in [1.165, 1.54) is 24.8 Å². The number of aromatic hydroxyl groups is 1. The lowest BCUT2D eigenvalue weighted by molar-refractivity contribution is -0.111. The zero-order valence-electron chi connectivity index (χ0n) is 14.5. The molecule has 0 aliphatic carbocycles. The number of hydrogen-bond donors (Lipinski definition) is 2. The van der Waals surface area contributed by atoms with Gasteiger partial charge in [-0.05, 0) is 34.8 Å². The summed E-state index contributed by atoms with van der Waals surface area (Å²) < 4.78 is 4.97. The third-order valence-corrected chi connectivity index (χ3v) is 3.65. The number of rotatable bonds is 4. The third-order valence-electron chi connectivity index (χ3n) is 3.65. The number of amides is 1. The maximum absolute atomic E-state index is 12.0. The maximum Gasteiger partial charge on any atom is 0.248 e. The van der Waals surface area contributed by atoms with Crippen LogP contribution in [0.25, 0.3) is 6.08 Å². The fourth-order valence-corrected chi connectivity index (χ4v) is 2.22. The number of nitrogens with one attached hydrogen (secondary N) is 1. The van der Waals surface area contributed by atoms with Crippen molar-refractivity contribution < 1.29 is 14.6 Å². The average molecular weight is 325 g/mol. The molecule has 0 fully saturated rings. The maximum atomic E-state index is 12.0. The molecule has 24 heavy (non-hydrogen) atoms. The molecule has 0 saturated carbocycles. The first-order chi connectivity index (χ1) is 11.3. The van der Waals surface area contributed by atoms with Crippen molar-refractivity contribution in [2.75, 3.05) is 12.4 Å². The topological polar surface area (TPSA) is 58.6 Å². The molecule has 0 heterocycles. The number of hydrogen-bond acceptors (Lipinski definition) is 3. The van der Waals surface area contributed by atoms with Gasteiger partial charge in [-0.3, -0.25) is 4.79 Å². The molecule has 0 spiro atoms. The van der Waals surface area contributed by atoms with E-state index in [-0.39, 0.29) is 17.1 Å². The lowest BCUT2D eigenvalue weighted by atomic mass is 9.87. The Kier molecular flexibility index (Phi) is 5.29. The largest absolute Gasteiger partial charge is 0.504 e. The summed E-state index contributed by atoms with van der Waals surface area (Å²) in [6, 6.07) is 12.8. The number of carbonyl (C=O) groups excluding carboxylic acids is 1. The molecule has 4 nitrogen and oxygen atoms in total. The molecule has 0 bridgehead atoms. The van der Waals surface area contributed by atoms with Gasteiger partial charge in [-0.2, -0.15) is 0 Å². The summed E-state index contributed by atoms with van der Waals surface area (Å²) in [5.41, 5.74) is 2.82. The van der Waals surface area contributed by atoms with Crippen LogP contribution < -0.4 is 10.1 Å². The van der Waals surface area contributed by atoms with E-state index < -0.39 is 0 Å². The minimum absolute atomic E-state index is 0.0166. The Morgan fingerprint density at radius 1 is 1.12 bits per heavy atom. The van der Waals surface area contributed by atoms with Crippen LogP contribution in [0.5, 0.6) is 11.5 Å². The molecule has 0 radical (unpaired) electrons. The van der Waals surface area contributed by atoms with E-state index in [2.05, 4.69) is 38.2 Å². The number of phenolic OH excluding ortho intramolecular Hbond substituents is 1. The first kappa shape index (κ1) is 17.6. The van der Waals surface area contributed by atoms with E-state index in [0.29, 0.717) is 11.4 Å². The average Bonchev–Trinajstić information content (AvgIpc) is 2.53. The second-order valence-electron chi connectivity index (χ2n) is 6.58. The van der Waals surface area contributed by atoms with Gasteiger partial charge in [0.1, 0.15) is 0 Å². The molecule has 0 aliphatic heterocycles. The van der Waals surface area contributed by atoms with Gasteiger partial charge >= 0.3 is 0 Å². The van der Waals surface area contributed by atoms with E-state index >= 15 is 0 Å². The van der Waals surface area contributed by atoms with Gasteiger partial charge in [-0.1, -0.05) is 45.0 Å². The fraction of sp³-hybridized carbons (Fsp3) is 0.250. The van der Waals surface area contributed by atoms with Crippen molar-refractivity contribution in [1.82, 2.24) is 0 Å². The van der Waals surface area contributed by atoms with Gasteiger partial charge in [-0.25, -0.2) is 0 Å². The Bertz CT molecular complexity index is 740. The lowest BCUT2D eigenvalue weighted by Crippen LogP contribution is -2.10. The Morgan fingerprint density at radius 3 is 2.33 bits per heavy atom. The zero-order valence-corrected chi connectivity index (χ0v) is 14.5. The highest BCUT2D eigenvalue weighted by atomic mass is 16.5. The first-order valence-corrected chi connectivity index (χ1v) is 7.76. The van der Waals surface area contributed by atoms with E-state index in [1.807, 2.05) is 12.1 Å². The van der Waals surface area contributed by atoms with Crippen LogP contribution in [-0.2, 0) is 10.2 Å². The SMILES string of the molecule is COc1ccc(NC(=O)C=Cc2ccc(C(C)(C)C)cc2)cc1O. The van der Waals surface area contributed by atoms with Crippen molar-refractivity contribution in [2.24, 2.45) is 0 Å². The van der Waals surface area contributed by atoms with Gasteiger partial charge in [0.05, 0.1) is 7.11 Å². The molecule has 126 valence electrons. The van der Waals surface area contributed by atoms with Crippen molar-refractivity contribution in [2.45, 2.75) is 26.2 Å². The number of methoxy groups -OCH3 is 1. The van der Waals surface area contributed by atoms with E-state index in [4.69, 9.17) is 4.74 Å².